The first-order chi connectivity index (χ1) is 8.42. The van der Waals surface area contributed by atoms with Gasteiger partial charge in [-0.15, -0.1) is 0 Å². The number of carbonyl (C=O) groups is 1. The number of aliphatic hydroxyl groups is 1. The highest BCUT2D eigenvalue weighted by molar-refractivity contribution is 9.10. The van der Waals surface area contributed by atoms with Gasteiger partial charge < -0.3 is 14.6 Å². The molecular weight excluding hydrogens is 300 g/mol. The van der Waals surface area contributed by atoms with E-state index in [0.717, 1.165) is 5.56 Å². The summed E-state index contributed by atoms with van der Waals surface area (Å²) in [5.74, 6) is 0.847. The molecule has 1 rings (SSSR count). The zero-order valence-corrected chi connectivity index (χ0v) is 12.5. The van der Waals surface area contributed by atoms with Crippen LogP contribution in [0, 0.1) is 0 Å². The second-order valence-electron chi connectivity index (χ2n) is 4.55. The predicted molar refractivity (Wildman–Crippen MR) is 72.7 cm³/mol. The fraction of sp³-hybridized carbons (Fsp3) is 0.462. The fourth-order valence-electron chi connectivity index (χ4n) is 1.83. The van der Waals surface area contributed by atoms with Crippen LogP contribution in [0.3, 0.4) is 0 Å². The first kappa shape index (κ1) is 15.0. The smallest absolute Gasteiger partial charge is 0.171 e. The molecule has 18 heavy (non-hydrogen) atoms. The summed E-state index contributed by atoms with van der Waals surface area (Å²) in [5, 5.41) is 9.50. The molecule has 0 radical (unpaired) electrons. The Hall–Kier alpha value is -1.07. The van der Waals surface area contributed by atoms with Gasteiger partial charge in [0.15, 0.2) is 17.8 Å². The van der Waals surface area contributed by atoms with Crippen LogP contribution in [0.25, 0.3) is 0 Å². The number of ether oxygens (including phenoxy) is 2. The normalized spacial score (nSPS) is 11.2. The van der Waals surface area contributed by atoms with Crippen molar-refractivity contribution < 1.29 is 19.4 Å². The van der Waals surface area contributed by atoms with Gasteiger partial charge >= 0.3 is 0 Å². The van der Waals surface area contributed by atoms with E-state index < -0.39 is 5.41 Å². The molecule has 100 valence electrons. The summed E-state index contributed by atoms with van der Waals surface area (Å²) in [7, 11) is 2.99. The summed E-state index contributed by atoms with van der Waals surface area (Å²) in [6.45, 7) is 3.72. The highest BCUT2D eigenvalue weighted by Gasteiger charge is 2.30. The maximum Gasteiger partial charge on any atom is 0.171 e. The molecule has 0 aromatic heterocycles. The summed E-state index contributed by atoms with van der Waals surface area (Å²) >= 11 is 3.41. The second-order valence-corrected chi connectivity index (χ2v) is 5.40. The van der Waals surface area contributed by atoms with Crippen LogP contribution in [0.4, 0.5) is 0 Å². The number of halogens is 1. The van der Waals surface area contributed by atoms with Crippen LogP contribution < -0.4 is 9.47 Å². The number of methoxy groups -OCH3 is 2. The Morgan fingerprint density at radius 1 is 1.33 bits per heavy atom. The molecule has 0 aliphatic rings. The zero-order chi connectivity index (χ0) is 13.9. The van der Waals surface area contributed by atoms with Crippen molar-refractivity contribution >= 4 is 22.2 Å². The van der Waals surface area contributed by atoms with Gasteiger partial charge in [-0.2, -0.15) is 0 Å². The lowest BCUT2D eigenvalue weighted by Crippen LogP contribution is -2.24. The second kappa shape index (κ2) is 5.71. The molecule has 1 aromatic carbocycles. The van der Waals surface area contributed by atoms with Crippen LogP contribution in [0.1, 0.15) is 29.8 Å². The molecule has 5 heteroatoms. The minimum absolute atomic E-state index is 0.0500. The first-order valence-corrected chi connectivity index (χ1v) is 6.23. The molecule has 0 spiro atoms. The lowest BCUT2D eigenvalue weighted by molar-refractivity contribution is 0.111. The number of hydrogen-bond donors (Lipinski definition) is 1. The largest absolute Gasteiger partial charge is 0.492 e. The Morgan fingerprint density at radius 3 is 2.28 bits per heavy atom. The van der Waals surface area contributed by atoms with E-state index >= 15 is 0 Å². The molecule has 4 nitrogen and oxygen atoms in total. The van der Waals surface area contributed by atoms with Crippen molar-refractivity contribution in [1.82, 2.24) is 0 Å². The molecule has 1 N–H and O–H groups in total. The number of hydrogen-bond acceptors (Lipinski definition) is 4. The monoisotopic (exact) mass is 316 g/mol. The van der Waals surface area contributed by atoms with Crippen molar-refractivity contribution in [1.29, 1.82) is 0 Å². The number of rotatable bonds is 5. The van der Waals surface area contributed by atoms with E-state index in [1.807, 2.05) is 13.8 Å². The Balaban J connectivity index is 3.66. The summed E-state index contributed by atoms with van der Waals surface area (Å²) in [6.07, 6.45) is 0.710. The highest BCUT2D eigenvalue weighted by Crippen LogP contribution is 2.44. The van der Waals surface area contributed by atoms with Crippen molar-refractivity contribution in [2.24, 2.45) is 0 Å². The standard InChI is InChI=1S/C13H17BrO4/c1-13(2,7-16)10-9(14)5-8(6-15)11(17-3)12(10)18-4/h5-6,16H,7H2,1-4H3. The van der Waals surface area contributed by atoms with Crippen molar-refractivity contribution in [3.8, 4) is 11.5 Å². The molecule has 0 heterocycles. The van der Waals surface area contributed by atoms with E-state index in [0.29, 0.717) is 27.8 Å². The van der Waals surface area contributed by atoms with Crippen LogP contribution in [0.15, 0.2) is 10.5 Å². The van der Waals surface area contributed by atoms with E-state index in [4.69, 9.17) is 9.47 Å². The Labute approximate surface area is 115 Å². The lowest BCUT2D eigenvalue weighted by atomic mass is 9.84. The van der Waals surface area contributed by atoms with Gasteiger partial charge in [-0.25, -0.2) is 0 Å². The van der Waals surface area contributed by atoms with Crippen LogP contribution >= 0.6 is 15.9 Å². The Kier molecular flexibility index (Phi) is 4.76. The van der Waals surface area contributed by atoms with Gasteiger partial charge in [0.1, 0.15) is 0 Å². The first-order valence-electron chi connectivity index (χ1n) is 5.44. The number of aldehydes is 1. The number of carbonyl (C=O) groups excluding carboxylic acids is 1. The van der Waals surface area contributed by atoms with E-state index in [9.17, 15) is 9.90 Å². The summed E-state index contributed by atoms with van der Waals surface area (Å²) in [6, 6.07) is 1.67. The van der Waals surface area contributed by atoms with Gasteiger partial charge in [0.2, 0.25) is 0 Å². The molecule has 0 unspecified atom stereocenters. The molecule has 0 aliphatic carbocycles. The third kappa shape index (κ3) is 2.52. The van der Waals surface area contributed by atoms with Crippen molar-refractivity contribution in [2.75, 3.05) is 20.8 Å². The van der Waals surface area contributed by atoms with E-state index in [-0.39, 0.29) is 6.61 Å². The van der Waals surface area contributed by atoms with Crippen LogP contribution in [0.2, 0.25) is 0 Å². The Morgan fingerprint density at radius 2 is 1.89 bits per heavy atom. The van der Waals surface area contributed by atoms with Crippen molar-refractivity contribution in [2.45, 2.75) is 19.3 Å². The zero-order valence-electron chi connectivity index (χ0n) is 10.9. The van der Waals surface area contributed by atoms with Crippen LogP contribution in [-0.4, -0.2) is 32.2 Å². The topological polar surface area (TPSA) is 55.8 Å². The third-order valence-electron chi connectivity index (χ3n) is 2.82. The lowest BCUT2D eigenvalue weighted by Gasteiger charge is -2.27. The number of aliphatic hydroxyl groups excluding tert-OH is 1. The SMILES string of the molecule is COc1c(C=O)cc(Br)c(C(C)(C)CO)c1OC. The minimum Gasteiger partial charge on any atom is -0.492 e. The third-order valence-corrected chi connectivity index (χ3v) is 3.45. The molecule has 0 fully saturated rings. The van der Waals surface area contributed by atoms with E-state index in [1.54, 1.807) is 6.07 Å². The predicted octanol–water partition coefficient (Wildman–Crippen LogP) is 2.55. The molecule has 0 saturated carbocycles. The highest BCUT2D eigenvalue weighted by atomic mass is 79.9. The van der Waals surface area contributed by atoms with E-state index in [2.05, 4.69) is 15.9 Å². The number of benzene rings is 1. The van der Waals surface area contributed by atoms with Crippen LogP contribution in [-0.2, 0) is 5.41 Å². The molecule has 0 amide bonds. The summed E-state index contributed by atoms with van der Waals surface area (Å²) in [5.41, 5.74) is 0.660. The van der Waals surface area contributed by atoms with Gasteiger partial charge in [-0.05, 0) is 6.07 Å². The Bertz CT molecular complexity index is 455. The molecule has 0 saturated heterocycles. The quantitative estimate of drug-likeness (QED) is 0.848. The fourth-order valence-corrected chi connectivity index (χ4v) is 2.79. The summed E-state index contributed by atoms with van der Waals surface area (Å²) < 4.78 is 11.3. The van der Waals surface area contributed by atoms with Gasteiger partial charge in [-0.1, -0.05) is 29.8 Å². The maximum absolute atomic E-state index is 11.0. The van der Waals surface area contributed by atoms with Gasteiger partial charge in [-0.3, -0.25) is 4.79 Å². The van der Waals surface area contributed by atoms with Crippen molar-refractivity contribution in [3.63, 3.8) is 0 Å². The summed E-state index contributed by atoms with van der Waals surface area (Å²) in [4.78, 5) is 11.0. The van der Waals surface area contributed by atoms with Gasteiger partial charge in [0.25, 0.3) is 0 Å². The molecule has 0 atom stereocenters. The minimum atomic E-state index is -0.515. The van der Waals surface area contributed by atoms with Gasteiger partial charge in [0, 0.05) is 15.5 Å². The average Bonchev–Trinajstić information content (AvgIpc) is 2.36. The average molecular weight is 317 g/mol. The molecule has 1 aromatic rings. The maximum atomic E-state index is 11.0. The van der Waals surface area contributed by atoms with Crippen LogP contribution in [0.5, 0.6) is 11.5 Å². The van der Waals surface area contributed by atoms with Crippen molar-refractivity contribution in [3.05, 3.63) is 21.7 Å². The molecule has 0 bridgehead atoms. The van der Waals surface area contributed by atoms with E-state index in [1.165, 1.54) is 14.2 Å². The van der Waals surface area contributed by atoms with Gasteiger partial charge in [0.05, 0.1) is 26.4 Å². The molecular formula is C13H17BrO4. The molecule has 0 aliphatic heterocycles.